The fourth-order valence-electron chi connectivity index (χ4n) is 0.814. The van der Waals surface area contributed by atoms with Crippen molar-refractivity contribution in [2.24, 2.45) is 5.73 Å². The molecular weight excluding hydrogens is 181 g/mol. The van der Waals surface area contributed by atoms with Crippen LogP contribution in [0, 0.1) is 0 Å². The van der Waals surface area contributed by atoms with Gasteiger partial charge in [0.1, 0.15) is 0 Å². The molecule has 70 valence electrons. The predicted molar refractivity (Wildman–Crippen MR) is 42.5 cm³/mol. The van der Waals surface area contributed by atoms with Crippen molar-refractivity contribution in [3.05, 3.63) is 35.8 Å². The van der Waals surface area contributed by atoms with Crippen molar-refractivity contribution < 1.29 is 13.2 Å². The fraction of sp³-hybridized carbons (Fsp3) is 0.125. The molecule has 1 heterocycles. The molecule has 2 N–H and O–H groups in total. The number of hydrogen-bond acceptors (Lipinski definition) is 2. The van der Waals surface area contributed by atoms with Gasteiger partial charge in [-0.2, -0.15) is 13.2 Å². The van der Waals surface area contributed by atoms with Gasteiger partial charge in [0.15, 0.2) is 0 Å². The molecule has 0 aromatic carbocycles. The maximum atomic E-state index is 12.1. The third-order valence-electron chi connectivity index (χ3n) is 1.38. The lowest BCUT2D eigenvalue weighted by molar-refractivity contribution is -0.137. The van der Waals surface area contributed by atoms with Crippen LogP contribution in [0.2, 0.25) is 0 Å². The third kappa shape index (κ3) is 2.47. The molecular formula is C8H7F3N2. The van der Waals surface area contributed by atoms with E-state index in [1.807, 2.05) is 0 Å². The average Bonchev–Trinajstić information content (AvgIpc) is 2.04. The first-order chi connectivity index (χ1) is 6.04. The van der Waals surface area contributed by atoms with E-state index in [1.165, 1.54) is 6.08 Å². The molecule has 0 fully saturated rings. The summed E-state index contributed by atoms with van der Waals surface area (Å²) in [5.74, 6) is 0. The largest absolute Gasteiger partial charge is 0.416 e. The molecule has 0 atom stereocenters. The van der Waals surface area contributed by atoms with E-state index in [4.69, 9.17) is 5.73 Å². The van der Waals surface area contributed by atoms with Crippen molar-refractivity contribution in [3.63, 3.8) is 0 Å². The zero-order valence-electron chi connectivity index (χ0n) is 6.55. The van der Waals surface area contributed by atoms with E-state index in [-0.39, 0.29) is 5.69 Å². The summed E-state index contributed by atoms with van der Waals surface area (Å²) in [4.78, 5) is 3.68. The molecule has 0 aliphatic heterocycles. The smallest absolute Gasteiger partial charge is 0.405 e. The van der Waals surface area contributed by atoms with Gasteiger partial charge in [-0.05, 0) is 24.4 Å². The van der Waals surface area contributed by atoms with E-state index < -0.39 is 11.7 Å². The zero-order chi connectivity index (χ0) is 9.90. The molecule has 1 rings (SSSR count). The van der Waals surface area contributed by atoms with Crippen LogP contribution in [-0.2, 0) is 6.18 Å². The molecule has 0 aliphatic carbocycles. The maximum absolute atomic E-state index is 12.1. The highest BCUT2D eigenvalue weighted by molar-refractivity contribution is 5.45. The topological polar surface area (TPSA) is 38.9 Å². The number of alkyl halides is 3. The Hall–Kier alpha value is -1.52. The summed E-state index contributed by atoms with van der Waals surface area (Å²) in [5, 5.41) is 0. The number of halogens is 3. The van der Waals surface area contributed by atoms with Crippen LogP contribution in [0.5, 0.6) is 0 Å². The fourth-order valence-corrected chi connectivity index (χ4v) is 0.814. The molecule has 0 aliphatic rings. The molecule has 5 heteroatoms. The Morgan fingerprint density at radius 2 is 2.08 bits per heavy atom. The van der Waals surface area contributed by atoms with Gasteiger partial charge in [0.25, 0.3) is 0 Å². The summed E-state index contributed by atoms with van der Waals surface area (Å²) in [7, 11) is 0. The highest BCUT2D eigenvalue weighted by Crippen LogP contribution is 2.29. The van der Waals surface area contributed by atoms with Crippen molar-refractivity contribution in [3.8, 4) is 0 Å². The predicted octanol–water partition coefficient (Wildman–Crippen LogP) is 2.03. The molecule has 0 radical (unpaired) electrons. The lowest BCUT2D eigenvalue weighted by Gasteiger charge is -2.05. The standard InChI is InChI=1S/C8H7F3N2/c9-8(10,11)6-2-4-13-7(5-6)1-3-12/h1-5H,12H2/b3-1-. The lowest BCUT2D eigenvalue weighted by Crippen LogP contribution is -2.05. The molecule has 1 aromatic rings. The van der Waals surface area contributed by atoms with E-state index in [2.05, 4.69) is 4.98 Å². The second-order valence-corrected chi connectivity index (χ2v) is 2.33. The molecule has 1 aromatic heterocycles. The van der Waals surface area contributed by atoms with E-state index in [0.717, 1.165) is 24.5 Å². The Bertz CT molecular complexity index is 317. The van der Waals surface area contributed by atoms with Crippen molar-refractivity contribution in [2.75, 3.05) is 0 Å². The number of rotatable bonds is 1. The summed E-state index contributed by atoms with van der Waals surface area (Å²) in [5.41, 5.74) is 4.48. The van der Waals surface area contributed by atoms with Gasteiger partial charge in [-0.1, -0.05) is 0 Å². The Morgan fingerprint density at radius 3 is 2.62 bits per heavy atom. The summed E-state index contributed by atoms with van der Waals surface area (Å²) in [6.07, 6.45) is -0.796. The van der Waals surface area contributed by atoms with Crippen molar-refractivity contribution in [2.45, 2.75) is 6.18 Å². The Kier molecular flexibility index (Phi) is 2.55. The van der Waals surface area contributed by atoms with Crippen LogP contribution in [0.4, 0.5) is 13.2 Å². The van der Waals surface area contributed by atoms with Crippen LogP contribution >= 0.6 is 0 Å². The molecule has 0 unspecified atom stereocenters. The highest BCUT2D eigenvalue weighted by Gasteiger charge is 2.30. The normalized spacial score (nSPS) is 12.2. The SMILES string of the molecule is N/C=C\c1cc(C(F)(F)F)ccn1. The number of hydrogen-bond donors (Lipinski definition) is 1. The number of pyridine rings is 1. The minimum Gasteiger partial charge on any atom is -0.405 e. The van der Waals surface area contributed by atoms with Crippen LogP contribution in [-0.4, -0.2) is 4.98 Å². The minimum atomic E-state index is -4.33. The Morgan fingerprint density at radius 1 is 1.38 bits per heavy atom. The van der Waals surface area contributed by atoms with Gasteiger partial charge < -0.3 is 5.73 Å². The number of nitrogens with zero attached hydrogens (tertiary/aromatic N) is 1. The van der Waals surface area contributed by atoms with Crippen molar-refractivity contribution in [1.29, 1.82) is 0 Å². The summed E-state index contributed by atoms with van der Waals surface area (Å²) < 4.78 is 36.4. The molecule has 0 saturated carbocycles. The monoisotopic (exact) mass is 188 g/mol. The molecule has 0 spiro atoms. The van der Waals surface area contributed by atoms with E-state index in [1.54, 1.807) is 0 Å². The summed E-state index contributed by atoms with van der Waals surface area (Å²) in [6, 6.07) is 1.84. The van der Waals surface area contributed by atoms with Gasteiger partial charge in [-0.3, -0.25) is 4.98 Å². The van der Waals surface area contributed by atoms with Gasteiger partial charge in [-0.15, -0.1) is 0 Å². The first kappa shape index (κ1) is 9.57. The quantitative estimate of drug-likeness (QED) is 0.732. The Balaban J connectivity index is 3.05. The van der Waals surface area contributed by atoms with E-state index in [9.17, 15) is 13.2 Å². The first-order valence-electron chi connectivity index (χ1n) is 3.45. The average molecular weight is 188 g/mol. The molecule has 0 amide bonds. The van der Waals surface area contributed by atoms with Crippen molar-refractivity contribution >= 4 is 6.08 Å². The summed E-state index contributed by atoms with van der Waals surface area (Å²) in [6.45, 7) is 0. The lowest BCUT2D eigenvalue weighted by atomic mass is 10.2. The first-order valence-corrected chi connectivity index (χ1v) is 3.45. The number of nitrogens with two attached hydrogens (primary N) is 1. The second kappa shape index (κ2) is 3.47. The Labute approximate surface area is 72.9 Å². The molecule has 0 bridgehead atoms. The minimum absolute atomic E-state index is 0.192. The van der Waals surface area contributed by atoms with Crippen LogP contribution < -0.4 is 5.73 Å². The van der Waals surface area contributed by atoms with E-state index >= 15 is 0 Å². The summed E-state index contributed by atoms with van der Waals surface area (Å²) >= 11 is 0. The van der Waals surface area contributed by atoms with Gasteiger partial charge >= 0.3 is 6.18 Å². The molecule has 2 nitrogen and oxygen atoms in total. The maximum Gasteiger partial charge on any atom is 0.416 e. The molecule has 13 heavy (non-hydrogen) atoms. The third-order valence-corrected chi connectivity index (χ3v) is 1.38. The van der Waals surface area contributed by atoms with Crippen molar-refractivity contribution in [1.82, 2.24) is 4.98 Å². The van der Waals surface area contributed by atoms with Gasteiger partial charge in [0.05, 0.1) is 11.3 Å². The van der Waals surface area contributed by atoms with Gasteiger partial charge in [-0.25, -0.2) is 0 Å². The second-order valence-electron chi connectivity index (χ2n) is 2.33. The zero-order valence-corrected chi connectivity index (χ0v) is 6.55. The van der Waals surface area contributed by atoms with Gasteiger partial charge in [0.2, 0.25) is 0 Å². The number of aromatic nitrogens is 1. The van der Waals surface area contributed by atoms with Crippen LogP contribution in [0.15, 0.2) is 24.5 Å². The van der Waals surface area contributed by atoms with Crippen LogP contribution in [0.25, 0.3) is 6.08 Å². The van der Waals surface area contributed by atoms with Crippen LogP contribution in [0.1, 0.15) is 11.3 Å². The van der Waals surface area contributed by atoms with Gasteiger partial charge in [0, 0.05) is 6.20 Å². The highest BCUT2D eigenvalue weighted by atomic mass is 19.4. The van der Waals surface area contributed by atoms with E-state index in [0.29, 0.717) is 0 Å². The van der Waals surface area contributed by atoms with Crippen LogP contribution in [0.3, 0.4) is 0 Å². The molecule has 0 saturated heterocycles.